The second kappa shape index (κ2) is 13.3. The minimum absolute atomic E-state index is 0.103. The van der Waals surface area contributed by atoms with Gasteiger partial charge in [0, 0.05) is 41.2 Å². The maximum Gasteiger partial charge on any atom is 0.411 e. The highest BCUT2D eigenvalue weighted by molar-refractivity contribution is 6.31. The fraction of sp³-hybridized carbons (Fsp3) is 0.267. The summed E-state index contributed by atoms with van der Waals surface area (Å²) in [5, 5.41) is 17.7. The van der Waals surface area contributed by atoms with E-state index in [0.29, 0.717) is 59.4 Å². The molecule has 3 aromatic heterocycles. The molecule has 0 unspecified atom stereocenters. The van der Waals surface area contributed by atoms with Crippen LogP contribution in [0.5, 0.6) is 0 Å². The number of H-pyrrole nitrogens is 1. The first-order valence-electron chi connectivity index (χ1n) is 14.1. The number of carbonyl (C=O) groups is 1. The first-order valence-corrected chi connectivity index (χ1v) is 14.5. The van der Waals surface area contributed by atoms with Gasteiger partial charge in [-0.1, -0.05) is 11.6 Å². The van der Waals surface area contributed by atoms with E-state index >= 15 is 0 Å². The van der Waals surface area contributed by atoms with Crippen LogP contribution in [-0.2, 0) is 20.6 Å². The zero-order valence-electron chi connectivity index (χ0n) is 24.2. The number of aromatic nitrogens is 7. The molecule has 0 saturated carbocycles. The van der Waals surface area contributed by atoms with Gasteiger partial charge in [-0.15, -0.1) is 5.10 Å². The summed E-state index contributed by atoms with van der Waals surface area (Å²) in [6.07, 6.45) is 2.13. The van der Waals surface area contributed by atoms with Crippen molar-refractivity contribution in [2.75, 3.05) is 38.9 Å². The van der Waals surface area contributed by atoms with E-state index in [0.717, 1.165) is 11.3 Å². The number of hydrogen-bond acceptors (Lipinski definition) is 9. The molecule has 232 valence electrons. The van der Waals surface area contributed by atoms with Gasteiger partial charge in [-0.3, -0.25) is 20.0 Å². The molecule has 0 saturated heterocycles. The Hall–Kier alpha value is -5.05. The van der Waals surface area contributed by atoms with Crippen LogP contribution in [0.4, 0.5) is 10.5 Å². The molecule has 0 radical (unpaired) electrons. The van der Waals surface area contributed by atoms with E-state index in [2.05, 4.69) is 25.9 Å². The molecule has 0 aliphatic carbocycles. The van der Waals surface area contributed by atoms with Gasteiger partial charge in [0.2, 0.25) is 0 Å². The van der Waals surface area contributed by atoms with Gasteiger partial charge in [-0.2, -0.15) is 4.68 Å². The van der Waals surface area contributed by atoms with E-state index in [9.17, 15) is 14.4 Å². The zero-order chi connectivity index (χ0) is 31.3. The number of ether oxygens (including phenoxy) is 3. The minimum Gasteiger partial charge on any atom is -0.447 e. The predicted molar refractivity (Wildman–Crippen MR) is 164 cm³/mol. The molecule has 0 fully saturated rings. The van der Waals surface area contributed by atoms with Crippen LogP contribution < -0.4 is 16.4 Å². The summed E-state index contributed by atoms with van der Waals surface area (Å²) in [5.41, 5.74) is 4.13. The number of rotatable bonds is 11. The van der Waals surface area contributed by atoms with Crippen LogP contribution in [0.1, 0.15) is 23.9 Å². The van der Waals surface area contributed by atoms with Crippen LogP contribution in [0.2, 0.25) is 5.02 Å². The number of nitrogens with zero attached hydrogens (tertiary/aromatic N) is 6. The summed E-state index contributed by atoms with van der Waals surface area (Å²) in [7, 11) is 1.58. The molecule has 1 aliphatic rings. The van der Waals surface area contributed by atoms with Crippen LogP contribution in [-0.4, -0.2) is 74.2 Å². The van der Waals surface area contributed by atoms with Crippen molar-refractivity contribution in [3.05, 3.63) is 104 Å². The maximum absolute atomic E-state index is 13.5. The van der Waals surface area contributed by atoms with E-state index in [1.165, 1.54) is 21.8 Å². The lowest BCUT2D eigenvalue weighted by molar-refractivity contribution is 0.0447. The Morgan fingerprint density at radius 1 is 1.02 bits per heavy atom. The minimum atomic E-state index is -0.618. The Morgan fingerprint density at radius 2 is 1.84 bits per heavy atom. The number of methoxy groups -OCH3 is 1. The molecule has 14 nitrogen and oxygen atoms in total. The fourth-order valence-electron chi connectivity index (χ4n) is 5.32. The summed E-state index contributed by atoms with van der Waals surface area (Å²) in [4.78, 5) is 38.6. The highest BCUT2D eigenvalue weighted by Gasteiger charge is 2.28. The van der Waals surface area contributed by atoms with Gasteiger partial charge in [0.1, 0.15) is 12.9 Å². The maximum atomic E-state index is 13.5. The molecule has 4 heterocycles. The van der Waals surface area contributed by atoms with Crippen molar-refractivity contribution in [3.63, 3.8) is 0 Å². The number of halogens is 1. The Labute approximate surface area is 261 Å². The van der Waals surface area contributed by atoms with Crippen LogP contribution >= 0.6 is 11.6 Å². The molecular formula is C30H29ClN8O6. The highest BCUT2D eigenvalue weighted by Crippen LogP contribution is 2.34. The van der Waals surface area contributed by atoms with E-state index in [-0.39, 0.29) is 30.4 Å². The monoisotopic (exact) mass is 632 g/mol. The average molecular weight is 633 g/mol. The molecule has 1 amide bonds. The van der Waals surface area contributed by atoms with Crippen molar-refractivity contribution in [2.45, 2.75) is 18.9 Å². The first kappa shape index (κ1) is 30.0. The Balaban J connectivity index is 1.17. The van der Waals surface area contributed by atoms with E-state index < -0.39 is 6.09 Å². The van der Waals surface area contributed by atoms with Crippen LogP contribution in [0.15, 0.2) is 76.6 Å². The van der Waals surface area contributed by atoms with Crippen molar-refractivity contribution in [2.24, 2.45) is 0 Å². The third-order valence-corrected chi connectivity index (χ3v) is 7.60. The van der Waals surface area contributed by atoms with Gasteiger partial charge in [0.15, 0.2) is 0 Å². The highest BCUT2D eigenvalue weighted by atomic mass is 35.5. The molecule has 0 bridgehead atoms. The normalized spacial score (nSPS) is 14.0. The van der Waals surface area contributed by atoms with E-state index in [4.69, 9.17) is 25.8 Å². The Bertz CT molecular complexity index is 1920. The third-order valence-electron chi connectivity index (χ3n) is 7.36. The SMILES string of the molecule is COCCOCCOC(=O)Nc1ccc(-n2[nH]c([C@@H]3CCc4cc(-c5cc(Cl)ccc5-n5cnnn5)cc(=O)n43)cc2=O)cc1. The van der Waals surface area contributed by atoms with Crippen LogP contribution in [0.25, 0.3) is 22.5 Å². The number of pyridine rings is 1. The number of aromatic amines is 1. The van der Waals surface area contributed by atoms with Crippen molar-refractivity contribution in [1.82, 2.24) is 34.6 Å². The number of fused-ring (bicyclic) bond motifs is 1. The van der Waals surface area contributed by atoms with Gasteiger partial charge in [0.05, 0.1) is 42.9 Å². The quantitative estimate of drug-likeness (QED) is 0.208. The summed E-state index contributed by atoms with van der Waals surface area (Å²) in [5.74, 6) is 0. The molecule has 2 aromatic carbocycles. The van der Waals surface area contributed by atoms with Crippen molar-refractivity contribution >= 4 is 23.4 Å². The van der Waals surface area contributed by atoms with Crippen LogP contribution in [0, 0.1) is 0 Å². The molecule has 6 rings (SSSR count). The topological polar surface area (TPSA) is 160 Å². The molecule has 15 heteroatoms. The Morgan fingerprint density at radius 3 is 2.62 bits per heavy atom. The number of anilines is 1. The lowest BCUT2D eigenvalue weighted by Gasteiger charge is -2.15. The molecule has 1 atom stereocenters. The lowest BCUT2D eigenvalue weighted by atomic mass is 10.0. The molecule has 0 spiro atoms. The number of aryl methyl sites for hydroxylation is 1. The van der Waals surface area contributed by atoms with Crippen molar-refractivity contribution in [1.29, 1.82) is 0 Å². The van der Waals surface area contributed by atoms with Gasteiger partial charge in [0.25, 0.3) is 11.1 Å². The van der Waals surface area contributed by atoms with E-state index in [1.807, 2.05) is 6.07 Å². The number of tetrazole rings is 1. The summed E-state index contributed by atoms with van der Waals surface area (Å²) >= 11 is 6.31. The van der Waals surface area contributed by atoms with Crippen molar-refractivity contribution < 1.29 is 19.0 Å². The second-order valence-corrected chi connectivity index (χ2v) is 10.6. The van der Waals surface area contributed by atoms with Gasteiger partial charge in [-0.25, -0.2) is 9.48 Å². The number of amides is 1. The van der Waals surface area contributed by atoms with Crippen LogP contribution in [0.3, 0.4) is 0 Å². The fourth-order valence-corrected chi connectivity index (χ4v) is 5.49. The largest absolute Gasteiger partial charge is 0.447 e. The zero-order valence-corrected chi connectivity index (χ0v) is 24.9. The standard InChI is InChI=1S/C30H29ClN8O6/c1-43-10-11-44-12-13-45-30(42)33-21-3-5-22(6-4-21)39-29(41)17-25(34-39)27-9-7-23-14-19(15-28(40)38(23)27)24-16-20(31)2-8-26(24)37-18-32-35-36-37/h2-6,8,14-18,27,34H,7,9-13H2,1H3,(H,33,42)/t27-/m0/s1. The van der Waals surface area contributed by atoms with E-state index in [1.54, 1.807) is 60.2 Å². The number of hydrogen-bond donors (Lipinski definition) is 2. The van der Waals surface area contributed by atoms with Crippen molar-refractivity contribution in [3.8, 4) is 22.5 Å². The summed E-state index contributed by atoms with van der Waals surface area (Å²) in [6.45, 7) is 1.25. The van der Waals surface area contributed by atoms with Gasteiger partial charge < -0.3 is 18.8 Å². The predicted octanol–water partition coefficient (Wildman–Crippen LogP) is 3.37. The lowest BCUT2D eigenvalue weighted by Crippen LogP contribution is -2.23. The molecule has 5 aromatic rings. The first-order chi connectivity index (χ1) is 21.9. The Kier molecular flexibility index (Phi) is 8.86. The molecular weight excluding hydrogens is 604 g/mol. The second-order valence-electron chi connectivity index (χ2n) is 10.2. The van der Waals surface area contributed by atoms with Gasteiger partial charge >= 0.3 is 6.09 Å². The number of nitrogens with one attached hydrogen (secondary N) is 2. The molecule has 2 N–H and O–H groups in total. The average Bonchev–Trinajstić information content (AvgIpc) is 3.80. The molecule has 1 aliphatic heterocycles. The summed E-state index contributed by atoms with van der Waals surface area (Å²) in [6, 6.07) is 16.7. The number of carbonyl (C=O) groups excluding carboxylic acids is 1. The molecule has 45 heavy (non-hydrogen) atoms. The van der Waals surface area contributed by atoms with Gasteiger partial charge in [-0.05, 0) is 77.4 Å². The summed E-state index contributed by atoms with van der Waals surface area (Å²) < 4.78 is 19.9. The third kappa shape index (κ3) is 6.57. The smallest absolute Gasteiger partial charge is 0.411 e. The number of benzene rings is 2.